The summed E-state index contributed by atoms with van der Waals surface area (Å²) in [5.74, 6) is -3.70. The summed E-state index contributed by atoms with van der Waals surface area (Å²) in [5.41, 5.74) is 1.24. The van der Waals surface area contributed by atoms with Crippen molar-refractivity contribution in [2.45, 2.75) is 36.1 Å². The van der Waals surface area contributed by atoms with Gasteiger partial charge in [-0.05, 0) is 53.0 Å². The summed E-state index contributed by atoms with van der Waals surface area (Å²) in [7, 11) is -1.83. The van der Waals surface area contributed by atoms with Gasteiger partial charge in [0.25, 0.3) is 0 Å². The SMILES string of the molecule is O=C(O)c1c(CS(=O)c2ccc(F)c(F)c2)n(C2CC2)c2cc(Br)c(O)c(Cn3ccnc3)c12. The molecule has 0 bridgehead atoms. The Morgan fingerprint density at radius 2 is 2.00 bits per heavy atom. The Balaban J connectivity index is 1.73. The van der Waals surface area contributed by atoms with Crippen LogP contribution >= 0.6 is 15.9 Å². The maximum absolute atomic E-state index is 13.7. The second kappa shape index (κ2) is 8.62. The van der Waals surface area contributed by atoms with Crippen LogP contribution in [0.3, 0.4) is 0 Å². The number of phenolic OH excluding ortho intramolecular Hbond substituents is 1. The third-order valence-electron chi connectivity index (χ3n) is 5.87. The summed E-state index contributed by atoms with van der Waals surface area (Å²) < 4.78 is 44.2. The average Bonchev–Trinajstić information content (AvgIpc) is 3.39. The van der Waals surface area contributed by atoms with E-state index in [2.05, 4.69) is 20.9 Å². The molecule has 1 unspecified atom stereocenters. The predicted molar refractivity (Wildman–Crippen MR) is 124 cm³/mol. The smallest absolute Gasteiger partial charge is 0.338 e. The van der Waals surface area contributed by atoms with Gasteiger partial charge in [-0.3, -0.25) is 4.21 Å². The lowest BCUT2D eigenvalue weighted by molar-refractivity contribution is 0.0697. The van der Waals surface area contributed by atoms with Gasteiger partial charge in [-0.1, -0.05) is 0 Å². The first-order valence-corrected chi connectivity index (χ1v) is 12.5. The summed E-state index contributed by atoms with van der Waals surface area (Å²) in [4.78, 5) is 16.6. The number of halogens is 3. The minimum atomic E-state index is -1.83. The molecule has 2 N–H and O–H groups in total. The number of benzene rings is 2. The highest BCUT2D eigenvalue weighted by Gasteiger charge is 2.34. The lowest BCUT2D eigenvalue weighted by atomic mass is 10.0. The second-order valence-corrected chi connectivity index (χ2v) is 10.4. The Labute approximate surface area is 203 Å². The molecule has 2 heterocycles. The number of carboxylic acids is 1. The molecule has 4 aromatic rings. The van der Waals surface area contributed by atoms with E-state index in [4.69, 9.17) is 0 Å². The number of phenols is 1. The topological polar surface area (TPSA) is 97.4 Å². The van der Waals surface area contributed by atoms with Crippen molar-refractivity contribution >= 4 is 43.6 Å². The van der Waals surface area contributed by atoms with Crippen LogP contribution in [0.2, 0.25) is 0 Å². The molecule has 2 aromatic carbocycles. The van der Waals surface area contributed by atoms with Crippen molar-refractivity contribution in [3.63, 3.8) is 0 Å². The molecule has 0 amide bonds. The van der Waals surface area contributed by atoms with Gasteiger partial charge in [-0.15, -0.1) is 0 Å². The van der Waals surface area contributed by atoms with Gasteiger partial charge < -0.3 is 19.3 Å². The first-order chi connectivity index (χ1) is 16.3. The van der Waals surface area contributed by atoms with Gasteiger partial charge in [0.2, 0.25) is 0 Å². The average molecular weight is 550 g/mol. The first-order valence-electron chi connectivity index (χ1n) is 10.4. The molecule has 176 valence electrons. The summed E-state index contributed by atoms with van der Waals surface area (Å²) in [6, 6.07) is 4.67. The fourth-order valence-electron chi connectivity index (χ4n) is 4.22. The van der Waals surface area contributed by atoms with Crippen LogP contribution in [-0.4, -0.2) is 34.5 Å². The molecular weight excluding hydrogens is 532 g/mol. The molecule has 1 fully saturated rings. The molecular formula is C23H18BrF2N3O4S. The largest absolute Gasteiger partial charge is 0.506 e. The number of carbonyl (C=O) groups is 1. The van der Waals surface area contributed by atoms with E-state index in [0.29, 0.717) is 26.6 Å². The van der Waals surface area contributed by atoms with Crippen LogP contribution in [0, 0.1) is 11.6 Å². The Hall–Kier alpha value is -3.05. The van der Waals surface area contributed by atoms with Crippen LogP contribution in [0.1, 0.15) is 40.5 Å². The van der Waals surface area contributed by atoms with Crippen molar-refractivity contribution in [1.82, 2.24) is 14.1 Å². The van der Waals surface area contributed by atoms with Crippen molar-refractivity contribution in [3.05, 3.63) is 75.9 Å². The zero-order chi connectivity index (χ0) is 24.1. The number of hydrogen-bond donors (Lipinski definition) is 2. The van der Waals surface area contributed by atoms with E-state index >= 15 is 0 Å². The molecule has 2 aromatic heterocycles. The molecule has 0 spiro atoms. The number of aromatic nitrogens is 3. The molecule has 11 heteroatoms. The van der Waals surface area contributed by atoms with Gasteiger partial charge >= 0.3 is 5.97 Å². The molecule has 5 rings (SSSR count). The minimum absolute atomic E-state index is 0.0186. The minimum Gasteiger partial charge on any atom is -0.506 e. The quantitative estimate of drug-likeness (QED) is 0.339. The third-order valence-corrected chi connectivity index (χ3v) is 7.79. The van der Waals surface area contributed by atoms with Gasteiger partial charge in [0.1, 0.15) is 5.75 Å². The van der Waals surface area contributed by atoms with E-state index < -0.39 is 28.4 Å². The molecule has 7 nitrogen and oxygen atoms in total. The molecule has 1 atom stereocenters. The standard InChI is InChI=1S/C23H18BrF2N3O4S/c24-15-8-18-20(14(22(15)30)9-28-6-5-27-11-28)21(23(31)32)19(29(18)12-1-2-12)10-34(33)13-3-4-16(25)17(26)7-13/h3-8,11-12,30H,1-2,9-10H2,(H,31,32). The highest BCUT2D eigenvalue weighted by atomic mass is 79.9. The van der Waals surface area contributed by atoms with E-state index in [1.54, 1.807) is 29.4 Å². The summed E-state index contributed by atoms with van der Waals surface area (Å²) >= 11 is 3.38. The van der Waals surface area contributed by atoms with Crippen molar-refractivity contribution in [2.24, 2.45) is 0 Å². The van der Waals surface area contributed by atoms with E-state index in [-0.39, 0.29) is 34.5 Å². The van der Waals surface area contributed by atoms with Gasteiger partial charge in [-0.25, -0.2) is 18.6 Å². The molecule has 0 radical (unpaired) electrons. The lowest BCUT2D eigenvalue weighted by Crippen LogP contribution is -2.10. The van der Waals surface area contributed by atoms with Crippen LogP contribution in [-0.2, 0) is 23.1 Å². The van der Waals surface area contributed by atoms with E-state index in [1.165, 1.54) is 6.07 Å². The van der Waals surface area contributed by atoms with Crippen LogP contribution in [0.5, 0.6) is 5.75 Å². The Kier molecular flexibility index (Phi) is 5.76. The Bertz CT molecular complexity index is 1470. The number of imidazole rings is 1. The highest BCUT2D eigenvalue weighted by molar-refractivity contribution is 9.10. The molecule has 1 aliphatic rings. The Morgan fingerprint density at radius 1 is 1.24 bits per heavy atom. The van der Waals surface area contributed by atoms with Gasteiger partial charge in [0.05, 0.1) is 45.0 Å². The monoisotopic (exact) mass is 549 g/mol. The zero-order valence-electron chi connectivity index (χ0n) is 17.5. The Morgan fingerprint density at radius 3 is 2.62 bits per heavy atom. The summed E-state index contributed by atoms with van der Waals surface area (Å²) in [6.07, 6.45) is 6.48. The lowest BCUT2D eigenvalue weighted by Gasteiger charge is -2.12. The molecule has 1 saturated carbocycles. The number of aromatic carboxylic acids is 1. The normalized spacial score (nSPS) is 14.6. The molecule has 0 aliphatic heterocycles. The van der Waals surface area contributed by atoms with Crippen molar-refractivity contribution in [2.75, 3.05) is 0 Å². The number of fused-ring (bicyclic) bond motifs is 1. The molecule has 34 heavy (non-hydrogen) atoms. The number of rotatable bonds is 7. The van der Waals surface area contributed by atoms with Crippen LogP contribution in [0.4, 0.5) is 8.78 Å². The summed E-state index contributed by atoms with van der Waals surface area (Å²) in [6.45, 7) is 0.169. The number of aromatic hydroxyl groups is 1. The van der Waals surface area contributed by atoms with E-state index in [1.807, 2.05) is 4.57 Å². The first kappa shape index (κ1) is 22.7. The van der Waals surface area contributed by atoms with Gasteiger partial charge in [-0.2, -0.15) is 0 Å². The molecule has 1 aliphatic carbocycles. The van der Waals surface area contributed by atoms with E-state index in [9.17, 15) is 28.0 Å². The maximum atomic E-state index is 13.7. The number of hydrogen-bond acceptors (Lipinski definition) is 4. The van der Waals surface area contributed by atoms with Gasteiger partial charge in [0, 0.05) is 40.0 Å². The van der Waals surface area contributed by atoms with Crippen molar-refractivity contribution in [3.8, 4) is 5.75 Å². The van der Waals surface area contributed by atoms with E-state index in [0.717, 1.165) is 25.0 Å². The van der Waals surface area contributed by atoms with Gasteiger partial charge in [0.15, 0.2) is 11.6 Å². The van der Waals surface area contributed by atoms with Crippen LogP contribution in [0.15, 0.2) is 52.4 Å². The predicted octanol–water partition coefficient (Wildman–Crippen LogP) is 4.97. The zero-order valence-corrected chi connectivity index (χ0v) is 19.9. The number of nitrogens with zero attached hydrogens (tertiary/aromatic N) is 3. The van der Waals surface area contributed by atoms with Crippen LogP contribution in [0.25, 0.3) is 10.9 Å². The highest BCUT2D eigenvalue weighted by Crippen LogP contribution is 2.46. The van der Waals surface area contributed by atoms with Crippen LogP contribution < -0.4 is 0 Å². The van der Waals surface area contributed by atoms with Crippen molar-refractivity contribution in [1.29, 1.82) is 0 Å². The van der Waals surface area contributed by atoms with Crippen molar-refractivity contribution < 1.29 is 28.0 Å². The second-order valence-electron chi connectivity index (χ2n) is 8.11. The fraction of sp³-hybridized carbons (Fsp3) is 0.217. The molecule has 0 saturated heterocycles. The fourth-order valence-corrected chi connectivity index (χ4v) is 5.83. The maximum Gasteiger partial charge on any atom is 0.338 e. The number of carboxylic acid groups (broad SMARTS) is 1. The summed E-state index contributed by atoms with van der Waals surface area (Å²) in [5, 5.41) is 21.4. The third kappa shape index (κ3) is 3.92.